The maximum atomic E-state index is 12.4. The van der Waals surface area contributed by atoms with Gasteiger partial charge in [0.15, 0.2) is 0 Å². The van der Waals surface area contributed by atoms with E-state index in [0.717, 1.165) is 22.3 Å². The van der Waals surface area contributed by atoms with Gasteiger partial charge >= 0.3 is 0 Å². The van der Waals surface area contributed by atoms with E-state index < -0.39 is 0 Å². The van der Waals surface area contributed by atoms with Gasteiger partial charge in [0.2, 0.25) is 12.3 Å². The Kier molecular flexibility index (Phi) is 4.04. The van der Waals surface area contributed by atoms with Crippen molar-refractivity contribution in [3.05, 3.63) is 35.3 Å². The molecule has 0 fully saturated rings. The highest BCUT2D eigenvalue weighted by Crippen LogP contribution is 2.33. The summed E-state index contributed by atoms with van der Waals surface area (Å²) in [6.07, 6.45) is 0.773. The van der Waals surface area contributed by atoms with Crippen molar-refractivity contribution in [3.63, 3.8) is 0 Å². The molecule has 1 aliphatic heterocycles. The van der Waals surface area contributed by atoms with Crippen LogP contribution in [0.5, 0.6) is 0 Å². The molecule has 0 bridgehead atoms. The van der Waals surface area contributed by atoms with E-state index in [-0.39, 0.29) is 11.8 Å². The third kappa shape index (κ3) is 2.71. The molecule has 0 spiro atoms. The molecule has 2 rings (SSSR count). The van der Waals surface area contributed by atoms with Crippen LogP contribution in [-0.2, 0) is 9.59 Å². The van der Waals surface area contributed by atoms with Crippen LogP contribution in [0.3, 0.4) is 0 Å². The maximum Gasteiger partial charge on any atom is 0.232 e. The number of rotatable bonds is 3. The maximum absolute atomic E-state index is 12.4. The second-order valence-electron chi connectivity index (χ2n) is 4.59. The van der Waals surface area contributed by atoms with Crippen molar-refractivity contribution >= 4 is 39.6 Å². The van der Waals surface area contributed by atoms with Crippen LogP contribution < -0.4 is 9.80 Å². The van der Waals surface area contributed by atoms with E-state index in [9.17, 15) is 9.59 Å². The van der Waals surface area contributed by atoms with E-state index in [2.05, 4.69) is 22.5 Å². The van der Waals surface area contributed by atoms with Gasteiger partial charge in [-0.05, 0) is 12.1 Å². The van der Waals surface area contributed by atoms with Crippen molar-refractivity contribution in [3.8, 4) is 0 Å². The summed E-state index contributed by atoms with van der Waals surface area (Å²) in [7, 11) is 0. The van der Waals surface area contributed by atoms with Gasteiger partial charge in [-0.2, -0.15) is 0 Å². The number of fused-ring (bicyclic) bond motifs is 1. The van der Waals surface area contributed by atoms with Gasteiger partial charge < -0.3 is 9.80 Å². The Labute approximate surface area is 120 Å². The van der Waals surface area contributed by atoms with Crippen molar-refractivity contribution in [1.29, 1.82) is 0 Å². The second kappa shape index (κ2) is 5.57. The minimum absolute atomic E-state index is 0.00241. The number of nitrogens with zero attached hydrogens (tertiary/aromatic N) is 2. The van der Waals surface area contributed by atoms with Gasteiger partial charge in [0, 0.05) is 11.0 Å². The lowest BCUT2D eigenvalue weighted by molar-refractivity contribution is -0.121. The lowest BCUT2D eigenvalue weighted by Gasteiger charge is -2.24. The van der Waals surface area contributed by atoms with E-state index in [1.807, 2.05) is 31.2 Å². The fourth-order valence-corrected chi connectivity index (χ4v) is 2.48. The van der Waals surface area contributed by atoms with Crippen LogP contribution in [0.25, 0.3) is 0 Å². The van der Waals surface area contributed by atoms with Gasteiger partial charge in [-0.1, -0.05) is 41.6 Å². The Balaban J connectivity index is 2.54. The van der Waals surface area contributed by atoms with Gasteiger partial charge in [0.25, 0.3) is 0 Å². The fraction of sp³-hybridized carbons (Fsp3) is 0.286. The predicted octanol–water partition coefficient (Wildman–Crippen LogP) is 2.54. The van der Waals surface area contributed by atoms with E-state index in [1.165, 1.54) is 0 Å². The van der Waals surface area contributed by atoms with Crippen LogP contribution in [0, 0.1) is 5.92 Å². The van der Waals surface area contributed by atoms with E-state index in [1.54, 1.807) is 9.80 Å². The van der Waals surface area contributed by atoms with Crippen molar-refractivity contribution in [2.24, 2.45) is 5.92 Å². The zero-order valence-corrected chi connectivity index (χ0v) is 12.3. The largest absolute Gasteiger partial charge is 0.312 e. The van der Waals surface area contributed by atoms with Crippen LogP contribution in [0.2, 0.25) is 0 Å². The third-order valence-corrected chi connectivity index (χ3v) is 3.35. The minimum Gasteiger partial charge on any atom is -0.312 e. The molecule has 4 nitrogen and oxygen atoms in total. The third-order valence-electron chi connectivity index (χ3n) is 3.10. The Bertz CT molecular complexity index is 530. The van der Waals surface area contributed by atoms with Crippen molar-refractivity contribution in [1.82, 2.24) is 0 Å². The average molecular weight is 323 g/mol. The highest BCUT2D eigenvalue weighted by atomic mass is 79.9. The molecule has 1 atom stereocenters. The first-order valence-corrected chi connectivity index (χ1v) is 6.79. The molecule has 100 valence electrons. The normalized spacial score (nSPS) is 18.8. The van der Waals surface area contributed by atoms with E-state index in [4.69, 9.17) is 0 Å². The standard InChI is InChI=1S/C14H15BrN2O2/c1-10-7-16(9-18)12-5-3-4-6-13(12)17(14(10)19)8-11(2)15/h3-6,9-10H,2,7-8H2,1H3. The fourth-order valence-electron chi connectivity index (χ4n) is 2.23. The van der Waals surface area contributed by atoms with Crippen LogP contribution >= 0.6 is 15.9 Å². The van der Waals surface area contributed by atoms with E-state index >= 15 is 0 Å². The number of benzene rings is 1. The summed E-state index contributed by atoms with van der Waals surface area (Å²) in [6, 6.07) is 7.41. The first-order valence-electron chi connectivity index (χ1n) is 6.00. The van der Waals surface area contributed by atoms with Gasteiger partial charge in [-0.3, -0.25) is 9.59 Å². The monoisotopic (exact) mass is 322 g/mol. The number of halogens is 1. The molecule has 1 aliphatic rings. The molecule has 1 aromatic rings. The summed E-state index contributed by atoms with van der Waals surface area (Å²) in [5, 5.41) is 0. The van der Waals surface area contributed by atoms with Crippen molar-refractivity contribution in [2.75, 3.05) is 22.9 Å². The number of carbonyl (C=O) groups is 2. The minimum atomic E-state index is -0.246. The molecular formula is C14H15BrN2O2. The molecule has 1 unspecified atom stereocenters. The van der Waals surface area contributed by atoms with Crippen molar-refractivity contribution in [2.45, 2.75) is 6.92 Å². The molecular weight excluding hydrogens is 308 g/mol. The Morgan fingerprint density at radius 1 is 1.47 bits per heavy atom. The SMILES string of the molecule is C=C(Br)CN1C(=O)C(C)CN(C=O)c2ccccc21. The van der Waals surface area contributed by atoms with Gasteiger partial charge in [0.1, 0.15) is 0 Å². The van der Waals surface area contributed by atoms with Crippen LogP contribution in [0.15, 0.2) is 35.3 Å². The highest BCUT2D eigenvalue weighted by Gasteiger charge is 2.30. The van der Waals surface area contributed by atoms with Crippen LogP contribution in [-0.4, -0.2) is 25.4 Å². The second-order valence-corrected chi connectivity index (χ2v) is 5.71. The summed E-state index contributed by atoms with van der Waals surface area (Å²) < 4.78 is 0.724. The molecule has 0 radical (unpaired) electrons. The number of hydrogen-bond acceptors (Lipinski definition) is 2. The molecule has 2 amide bonds. The molecule has 0 aliphatic carbocycles. The number of carbonyl (C=O) groups excluding carboxylic acids is 2. The molecule has 1 aromatic carbocycles. The zero-order valence-electron chi connectivity index (χ0n) is 10.7. The molecule has 0 N–H and O–H groups in total. The smallest absolute Gasteiger partial charge is 0.232 e. The lowest BCUT2D eigenvalue weighted by Crippen LogP contribution is -2.37. The summed E-state index contributed by atoms with van der Waals surface area (Å²) in [5.74, 6) is -0.248. The molecule has 5 heteroatoms. The lowest BCUT2D eigenvalue weighted by atomic mass is 10.1. The van der Waals surface area contributed by atoms with E-state index in [0.29, 0.717) is 13.1 Å². The number of hydrogen-bond donors (Lipinski definition) is 0. The van der Waals surface area contributed by atoms with Crippen LogP contribution in [0.4, 0.5) is 11.4 Å². The topological polar surface area (TPSA) is 40.6 Å². The zero-order chi connectivity index (χ0) is 14.0. The Hall–Kier alpha value is -1.62. The highest BCUT2D eigenvalue weighted by molar-refractivity contribution is 9.11. The molecule has 19 heavy (non-hydrogen) atoms. The number of amides is 2. The predicted molar refractivity (Wildman–Crippen MR) is 79.4 cm³/mol. The van der Waals surface area contributed by atoms with Crippen LogP contribution in [0.1, 0.15) is 6.92 Å². The van der Waals surface area contributed by atoms with Crippen molar-refractivity contribution < 1.29 is 9.59 Å². The number of para-hydroxylation sites is 2. The Morgan fingerprint density at radius 3 is 2.68 bits per heavy atom. The van der Waals surface area contributed by atoms with Gasteiger partial charge in [-0.25, -0.2) is 0 Å². The molecule has 0 aromatic heterocycles. The summed E-state index contributed by atoms with van der Waals surface area (Å²) in [5.41, 5.74) is 1.49. The Morgan fingerprint density at radius 2 is 2.11 bits per heavy atom. The summed E-state index contributed by atoms with van der Waals surface area (Å²) in [6.45, 7) is 6.41. The number of anilines is 2. The summed E-state index contributed by atoms with van der Waals surface area (Å²) >= 11 is 3.30. The molecule has 0 saturated carbocycles. The first-order chi connectivity index (χ1) is 9.04. The quantitative estimate of drug-likeness (QED) is 0.802. The van der Waals surface area contributed by atoms with Gasteiger partial charge in [-0.15, -0.1) is 0 Å². The molecule has 0 saturated heterocycles. The molecule has 1 heterocycles. The van der Waals surface area contributed by atoms with Gasteiger partial charge in [0.05, 0.1) is 23.8 Å². The summed E-state index contributed by atoms with van der Waals surface area (Å²) in [4.78, 5) is 26.9. The first kappa shape index (κ1) is 13.8. The average Bonchev–Trinajstić information content (AvgIpc) is 2.49.